The van der Waals surface area contributed by atoms with Crippen LogP contribution in [0.1, 0.15) is 33.6 Å². The van der Waals surface area contributed by atoms with Crippen molar-refractivity contribution in [3.05, 3.63) is 95.7 Å². The van der Waals surface area contributed by atoms with E-state index in [1.165, 1.54) is 19.6 Å². The predicted octanol–water partition coefficient (Wildman–Crippen LogP) is 2.72. The number of hydrogen-bond donors (Lipinski definition) is 1. The Morgan fingerprint density at radius 3 is 2.61 bits per heavy atom. The van der Waals surface area contributed by atoms with Crippen LogP contribution in [0, 0.1) is 0 Å². The molecular formula is C26H27N5O4S. The van der Waals surface area contributed by atoms with Gasteiger partial charge in [0.25, 0.3) is 5.91 Å². The van der Waals surface area contributed by atoms with Gasteiger partial charge in [0.1, 0.15) is 5.75 Å². The first-order chi connectivity index (χ1) is 17.3. The van der Waals surface area contributed by atoms with Gasteiger partial charge < -0.3 is 14.6 Å². The van der Waals surface area contributed by atoms with E-state index in [1.54, 1.807) is 36.0 Å². The molecule has 186 valence electrons. The van der Waals surface area contributed by atoms with Gasteiger partial charge in [-0.05, 0) is 42.5 Å². The van der Waals surface area contributed by atoms with Crippen LogP contribution in [0.5, 0.6) is 5.75 Å². The summed E-state index contributed by atoms with van der Waals surface area (Å²) in [7, 11) is -0.639. The topological polar surface area (TPSA) is 108 Å². The van der Waals surface area contributed by atoms with Crippen molar-refractivity contribution in [2.75, 3.05) is 13.7 Å². The number of carbonyl (C=O) groups is 1. The summed E-state index contributed by atoms with van der Waals surface area (Å²) in [5, 5.41) is 7.32. The zero-order valence-corrected chi connectivity index (χ0v) is 20.9. The van der Waals surface area contributed by atoms with E-state index >= 15 is 0 Å². The number of benzene rings is 2. The molecule has 9 nitrogen and oxygen atoms in total. The SMILES string of the molecule is COc1ccccc1C(=O)NCC1(c2ccccc2)CCc2c(cnn2S(=O)(=O)c2cn(C)cn2)C1. The first-order valence-electron chi connectivity index (χ1n) is 11.6. The van der Waals surface area contributed by atoms with Gasteiger partial charge in [-0.1, -0.05) is 42.5 Å². The zero-order chi connectivity index (χ0) is 25.3. The van der Waals surface area contributed by atoms with Crippen LogP contribution in [-0.2, 0) is 35.3 Å². The number of carbonyl (C=O) groups excluding carboxylic acids is 1. The lowest BCUT2D eigenvalue weighted by atomic mass is 9.69. The number of ether oxygens (including phenoxy) is 1. The molecule has 0 saturated heterocycles. The number of aromatic nitrogens is 4. The van der Waals surface area contributed by atoms with Crippen LogP contribution in [0.2, 0.25) is 0 Å². The van der Waals surface area contributed by atoms with Crippen LogP contribution in [0.3, 0.4) is 0 Å². The van der Waals surface area contributed by atoms with E-state index in [-0.39, 0.29) is 10.9 Å². The zero-order valence-electron chi connectivity index (χ0n) is 20.1. The maximum atomic E-state index is 13.2. The third kappa shape index (κ3) is 4.17. The molecule has 2 heterocycles. The number of nitrogens with zero attached hydrogens (tertiary/aromatic N) is 4. The fourth-order valence-corrected chi connectivity index (χ4v) is 6.22. The van der Waals surface area contributed by atoms with Gasteiger partial charge in [-0.15, -0.1) is 0 Å². The molecule has 1 aliphatic rings. The summed E-state index contributed by atoms with van der Waals surface area (Å²) in [6.07, 6.45) is 6.20. The molecule has 1 atom stereocenters. The molecule has 0 aliphatic heterocycles. The van der Waals surface area contributed by atoms with Crippen LogP contribution in [0.4, 0.5) is 0 Å². The van der Waals surface area contributed by atoms with Crippen LogP contribution in [0.25, 0.3) is 0 Å². The van der Waals surface area contributed by atoms with Crippen LogP contribution >= 0.6 is 0 Å². The van der Waals surface area contributed by atoms with Gasteiger partial charge in [-0.25, -0.2) is 4.98 Å². The van der Waals surface area contributed by atoms with Gasteiger partial charge in [0.15, 0.2) is 5.03 Å². The van der Waals surface area contributed by atoms with Crippen molar-refractivity contribution in [1.29, 1.82) is 0 Å². The van der Waals surface area contributed by atoms with E-state index in [9.17, 15) is 13.2 Å². The third-order valence-electron chi connectivity index (χ3n) is 6.79. The Bertz CT molecular complexity index is 1510. The molecule has 36 heavy (non-hydrogen) atoms. The summed E-state index contributed by atoms with van der Waals surface area (Å²) in [5.74, 6) is 0.290. The summed E-state index contributed by atoms with van der Waals surface area (Å²) in [6.45, 7) is 0.380. The third-order valence-corrected chi connectivity index (χ3v) is 8.30. The largest absolute Gasteiger partial charge is 0.496 e. The van der Waals surface area contributed by atoms with Crippen molar-refractivity contribution >= 4 is 15.9 Å². The van der Waals surface area contributed by atoms with Crippen molar-refractivity contribution in [3.63, 3.8) is 0 Å². The Labute approximate surface area is 209 Å². The Balaban J connectivity index is 1.46. The normalized spacial score (nSPS) is 17.4. The molecule has 0 radical (unpaired) electrons. The number of fused-ring (bicyclic) bond motifs is 1. The average Bonchev–Trinajstić information content (AvgIpc) is 3.54. The van der Waals surface area contributed by atoms with Gasteiger partial charge in [-0.3, -0.25) is 4.79 Å². The molecule has 5 rings (SSSR count). The number of methoxy groups -OCH3 is 1. The summed E-state index contributed by atoms with van der Waals surface area (Å²) in [5.41, 5.74) is 2.62. The molecule has 1 aliphatic carbocycles. The van der Waals surface area contributed by atoms with Crippen molar-refractivity contribution in [2.24, 2.45) is 7.05 Å². The molecule has 0 saturated carbocycles. The molecule has 0 bridgehead atoms. The number of nitrogens with one attached hydrogen (secondary N) is 1. The number of aryl methyl sites for hydroxylation is 1. The molecule has 0 fully saturated rings. The van der Waals surface area contributed by atoms with Gasteiger partial charge in [0, 0.05) is 25.2 Å². The van der Waals surface area contributed by atoms with Crippen LogP contribution < -0.4 is 10.1 Å². The lowest BCUT2D eigenvalue weighted by molar-refractivity contribution is 0.0937. The summed E-state index contributed by atoms with van der Waals surface area (Å²) < 4.78 is 34.4. The molecule has 1 amide bonds. The number of para-hydroxylation sites is 1. The van der Waals surface area contributed by atoms with Crippen molar-refractivity contribution in [2.45, 2.75) is 29.7 Å². The molecule has 1 N–H and O–H groups in total. The number of rotatable bonds is 7. The lowest BCUT2D eigenvalue weighted by Gasteiger charge is -2.38. The minimum Gasteiger partial charge on any atom is -0.496 e. The van der Waals surface area contributed by atoms with Crippen molar-refractivity contribution < 1.29 is 17.9 Å². The highest BCUT2D eigenvalue weighted by atomic mass is 32.2. The molecule has 2 aromatic heterocycles. The van der Waals surface area contributed by atoms with Crippen molar-refractivity contribution in [1.82, 2.24) is 24.1 Å². The fourth-order valence-electron chi connectivity index (χ4n) is 4.89. The molecule has 1 unspecified atom stereocenters. The number of amides is 1. The fraction of sp³-hybridized carbons (Fsp3) is 0.269. The predicted molar refractivity (Wildman–Crippen MR) is 133 cm³/mol. The van der Waals surface area contributed by atoms with E-state index in [0.717, 1.165) is 15.2 Å². The highest BCUT2D eigenvalue weighted by Crippen LogP contribution is 2.39. The molecule has 10 heteroatoms. The number of hydrogen-bond acceptors (Lipinski definition) is 6. The molecular weight excluding hydrogens is 478 g/mol. The second-order valence-electron chi connectivity index (χ2n) is 9.05. The van der Waals surface area contributed by atoms with Gasteiger partial charge in [-0.2, -0.15) is 17.6 Å². The second kappa shape index (κ2) is 9.27. The van der Waals surface area contributed by atoms with E-state index in [2.05, 4.69) is 27.5 Å². The quantitative estimate of drug-likeness (QED) is 0.414. The van der Waals surface area contributed by atoms with Gasteiger partial charge >= 0.3 is 10.0 Å². The minimum atomic E-state index is -3.90. The van der Waals surface area contributed by atoms with Gasteiger partial charge in [0.2, 0.25) is 0 Å². The smallest absolute Gasteiger partial charge is 0.302 e. The highest BCUT2D eigenvalue weighted by molar-refractivity contribution is 7.89. The Morgan fingerprint density at radius 1 is 1.14 bits per heavy atom. The first kappa shape index (κ1) is 23.8. The highest BCUT2D eigenvalue weighted by Gasteiger charge is 2.40. The minimum absolute atomic E-state index is 0.0418. The maximum Gasteiger partial charge on any atom is 0.302 e. The van der Waals surface area contributed by atoms with E-state index < -0.39 is 15.4 Å². The molecule has 4 aromatic rings. The lowest BCUT2D eigenvalue weighted by Crippen LogP contribution is -2.45. The van der Waals surface area contributed by atoms with Crippen LogP contribution in [0.15, 0.2) is 78.3 Å². The molecule has 0 spiro atoms. The standard InChI is InChI=1S/C26H27N5O4S/c1-30-16-24(28-18-30)36(33,34)31-22-12-13-26(14-19(22)15-29-31,20-8-4-3-5-9-20)17-27-25(32)21-10-6-7-11-23(21)35-2/h3-11,15-16,18H,12-14,17H2,1-2H3,(H,27,32). The average molecular weight is 506 g/mol. The summed E-state index contributed by atoms with van der Waals surface area (Å²) >= 11 is 0. The Morgan fingerprint density at radius 2 is 1.89 bits per heavy atom. The van der Waals surface area contributed by atoms with Crippen molar-refractivity contribution in [3.8, 4) is 5.75 Å². The Hall–Kier alpha value is -3.92. The van der Waals surface area contributed by atoms with Crippen LogP contribution in [-0.4, -0.2) is 46.7 Å². The Kier molecular flexibility index (Phi) is 6.13. The summed E-state index contributed by atoms with van der Waals surface area (Å²) in [6, 6.07) is 17.1. The number of imidazole rings is 1. The first-order valence-corrected chi connectivity index (χ1v) is 13.0. The molecule has 2 aromatic carbocycles. The monoisotopic (exact) mass is 505 g/mol. The van der Waals surface area contributed by atoms with Gasteiger partial charge in [0.05, 0.1) is 30.9 Å². The summed E-state index contributed by atoms with van der Waals surface area (Å²) in [4.78, 5) is 17.1. The maximum absolute atomic E-state index is 13.2. The second-order valence-corrected chi connectivity index (χ2v) is 10.8. The van der Waals surface area contributed by atoms with E-state index in [0.29, 0.717) is 42.8 Å². The van der Waals surface area contributed by atoms with E-state index in [1.807, 2.05) is 24.3 Å². The van der Waals surface area contributed by atoms with E-state index in [4.69, 9.17) is 4.74 Å².